The summed E-state index contributed by atoms with van der Waals surface area (Å²) in [4.78, 5) is 23.6. The second-order valence-electron chi connectivity index (χ2n) is 6.13. The van der Waals surface area contributed by atoms with Crippen LogP contribution in [-0.2, 0) is 14.8 Å². The summed E-state index contributed by atoms with van der Waals surface area (Å²) in [7, 11) is -4.05. The highest BCUT2D eigenvalue weighted by atomic mass is 32.2. The molecule has 1 aromatic heterocycles. The van der Waals surface area contributed by atoms with Gasteiger partial charge < -0.3 is 5.11 Å². The molecule has 3 atom stereocenters. The molecule has 6 nitrogen and oxygen atoms in total. The van der Waals surface area contributed by atoms with Crippen molar-refractivity contribution >= 4 is 33.1 Å². The zero-order valence-corrected chi connectivity index (χ0v) is 15.2. The normalized spacial score (nSPS) is 25.5. The van der Waals surface area contributed by atoms with Gasteiger partial charge in [0.05, 0.1) is 4.88 Å². The molecule has 132 valence electrons. The Morgan fingerprint density at radius 1 is 1.16 bits per heavy atom. The number of hydrogen-bond donors (Lipinski definition) is 2. The monoisotopic (exact) mass is 379 g/mol. The lowest BCUT2D eigenvalue weighted by Gasteiger charge is -2.15. The molecule has 1 aromatic carbocycles. The van der Waals surface area contributed by atoms with Crippen molar-refractivity contribution in [3.8, 4) is 0 Å². The van der Waals surface area contributed by atoms with E-state index in [-0.39, 0.29) is 9.99 Å². The smallest absolute Gasteiger partial charge is 0.325 e. The minimum Gasteiger partial charge on any atom is -0.480 e. The standard InChI is InChI=1S/C17H17NO5S2/c1-10-15(12-6-4-3-5-7-12)17(10,16(20)21)18-25(22,23)14-9-8-13(24-14)11(2)19/h3-10,15,18H,1-2H3,(H,20,21)/t10?,15-,17-/m0/s1. The minimum atomic E-state index is -4.05. The van der Waals surface area contributed by atoms with Crippen LogP contribution in [-0.4, -0.2) is 30.8 Å². The van der Waals surface area contributed by atoms with Gasteiger partial charge in [-0.25, -0.2) is 8.42 Å². The predicted octanol–water partition coefficient (Wildman–Crippen LogP) is 2.49. The Hall–Kier alpha value is -2.03. The predicted molar refractivity (Wildman–Crippen MR) is 93.4 cm³/mol. The molecular weight excluding hydrogens is 362 g/mol. The van der Waals surface area contributed by atoms with Crippen molar-refractivity contribution in [1.29, 1.82) is 0 Å². The summed E-state index contributed by atoms with van der Waals surface area (Å²) in [6.45, 7) is 3.06. The van der Waals surface area contributed by atoms with Crippen molar-refractivity contribution in [2.45, 2.75) is 29.5 Å². The van der Waals surface area contributed by atoms with Crippen LogP contribution < -0.4 is 4.72 Å². The van der Waals surface area contributed by atoms with Gasteiger partial charge in [-0.15, -0.1) is 11.3 Å². The molecule has 0 bridgehead atoms. The Kier molecular flexibility index (Phi) is 4.30. The Morgan fingerprint density at radius 3 is 2.32 bits per heavy atom. The molecule has 0 aliphatic heterocycles. The molecular formula is C17H17NO5S2. The largest absolute Gasteiger partial charge is 0.480 e. The first kappa shape index (κ1) is 17.8. The number of Topliss-reactive ketones (excluding diaryl/α,β-unsaturated/α-hetero) is 1. The third kappa shape index (κ3) is 2.90. The van der Waals surface area contributed by atoms with Crippen LogP contribution in [0.4, 0.5) is 0 Å². The van der Waals surface area contributed by atoms with E-state index in [0.717, 1.165) is 16.9 Å². The number of rotatable bonds is 6. The number of carboxylic acid groups (broad SMARTS) is 1. The second kappa shape index (κ2) is 6.05. The summed E-state index contributed by atoms with van der Waals surface area (Å²) in [6.07, 6.45) is 0. The van der Waals surface area contributed by atoms with Crippen LogP contribution in [0.25, 0.3) is 0 Å². The summed E-state index contributed by atoms with van der Waals surface area (Å²) >= 11 is 0.833. The molecule has 1 aliphatic carbocycles. The van der Waals surface area contributed by atoms with Crippen LogP contribution in [0.5, 0.6) is 0 Å². The number of carbonyl (C=O) groups excluding carboxylic acids is 1. The third-order valence-electron chi connectivity index (χ3n) is 4.61. The molecule has 0 saturated heterocycles. The fourth-order valence-electron chi connectivity index (χ4n) is 3.23. The fraction of sp³-hybridized carbons (Fsp3) is 0.294. The summed E-state index contributed by atoms with van der Waals surface area (Å²) in [6, 6.07) is 11.7. The lowest BCUT2D eigenvalue weighted by Crippen LogP contribution is -2.45. The highest BCUT2D eigenvalue weighted by molar-refractivity contribution is 7.91. The average Bonchev–Trinajstić information content (AvgIpc) is 2.94. The van der Waals surface area contributed by atoms with E-state index in [2.05, 4.69) is 4.72 Å². The number of carbonyl (C=O) groups is 2. The molecule has 1 saturated carbocycles. The lowest BCUT2D eigenvalue weighted by molar-refractivity contribution is -0.140. The number of hydrogen-bond acceptors (Lipinski definition) is 5. The first-order chi connectivity index (χ1) is 11.7. The quantitative estimate of drug-likeness (QED) is 0.751. The van der Waals surface area contributed by atoms with E-state index in [9.17, 15) is 23.1 Å². The first-order valence-corrected chi connectivity index (χ1v) is 9.93. The fourth-order valence-corrected chi connectivity index (χ4v) is 5.89. The SMILES string of the molecule is CC(=O)c1ccc(S(=O)(=O)N[C@@]2(C(=O)O)C(C)[C@H]2c2ccccc2)s1. The zero-order valence-electron chi connectivity index (χ0n) is 13.6. The van der Waals surface area contributed by atoms with E-state index in [1.165, 1.54) is 19.1 Å². The molecule has 1 unspecified atom stereocenters. The van der Waals surface area contributed by atoms with Gasteiger partial charge in [0.25, 0.3) is 10.0 Å². The number of nitrogens with one attached hydrogen (secondary N) is 1. The van der Waals surface area contributed by atoms with E-state index in [0.29, 0.717) is 4.88 Å². The van der Waals surface area contributed by atoms with Crippen molar-refractivity contribution in [3.05, 3.63) is 52.9 Å². The van der Waals surface area contributed by atoms with Gasteiger partial charge >= 0.3 is 5.97 Å². The van der Waals surface area contributed by atoms with Crippen molar-refractivity contribution in [2.75, 3.05) is 0 Å². The van der Waals surface area contributed by atoms with Gasteiger partial charge in [0, 0.05) is 5.92 Å². The summed E-state index contributed by atoms with van der Waals surface area (Å²) < 4.78 is 27.7. The van der Waals surface area contributed by atoms with E-state index < -0.39 is 33.4 Å². The second-order valence-corrected chi connectivity index (χ2v) is 9.12. The molecule has 2 N–H and O–H groups in total. The van der Waals surface area contributed by atoms with E-state index in [1.807, 2.05) is 6.07 Å². The summed E-state index contributed by atoms with van der Waals surface area (Å²) in [5.41, 5.74) is -0.809. The van der Waals surface area contributed by atoms with Crippen molar-refractivity contribution in [1.82, 2.24) is 4.72 Å². The maximum absolute atomic E-state index is 12.7. The van der Waals surface area contributed by atoms with Gasteiger partial charge in [0.1, 0.15) is 9.75 Å². The summed E-state index contributed by atoms with van der Waals surface area (Å²) in [5.74, 6) is -2.29. The number of carboxylic acids is 1. The van der Waals surface area contributed by atoms with Crippen molar-refractivity contribution in [3.63, 3.8) is 0 Å². The van der Waals surface area contributed by atoms with Crippen LogP contribution in [0.1, 0.15) is 35.0 Å². The molecule has 25 heavy (non-hydrogen) atoms. The molecule has 0 radical (unpaired) electrons. The van der Waals surface area contributed by atoms with Crippen LogP contribution in [0, 0.1) is 5.92 Å². The molecule has 3 rings (SSSR count). The number of ketones is 1. The van der Waals surface area contributed by atoms with Crippen LogP contribution >= 0.6 is 11.3 Å². The van der Waals surface area contributed by atoms with E-state index in [1.54, 1.807) is 31.2 Å². The number of thiophene rings is 1. The van der Waals surface area contributed by atoms with Gasteiger partial charge in [-0.1, -0.05) is 37.3 Å². The molecule has 2 aromatic rings. The molecule has 0 spiro atoms. The maximum Gasteiger partial charge on any atom is 0.325 e. The molecule has 0 amide bonds. The molecule has 8 heteroatoms. The average molecular weight is 379 g/mol. The zero-order chi connectivity index (χ0) is 18.4. The maximum atomic E-state index is 12.7. The van der Waals surface area contributed by atoms with Gasteiger partial charge in [0.15, 0.2) is 5.78 Å². The Balaban J connectivity index is 1.95. The number of benzene rings is 1. The highest BCUT2D eigenvalue weighted by Crippen LogP contribution is 2.58. The van der Waals surface area contributed by atoms with Crippen molar-refractivity contribution < 1.29 is 23.1 Å². The van der Waals surface area contributed by atoms with Gasteiger partial charge in [-0.3, -0.25) is 9.59 Å². The van der Waals surface area contributed by atoms with Gasteiger partial charge in [-0.05, 0) is 30.5 Å². The molecule has 1 fully saturated rings. The number of sulfonamides is 1. The highest BCUT2D eigenvalue weighted by Gasteiger charge is 2.70. The topological polar surface area (TPSA) is 101 Å². The Bertz CT molecular complexity index is 935. The van der Waals surface area contributed by atoms with Crippen molar-refractivity contribution in [2.24, 2.45) is 5.92 Å². The molecule has 1 aliphatic rings. The van der Waals surface area contributed by atoms with Gasteiger partial charge in [0.2, 0.25) is 0 Å². The summed E-state index contributed by atoms with van der Waals surface area (Å²) in [5, 5.41) is 9.73. The van der Waals surface area contributed by atoms with Crippen LogP contribution in [0.3, 0.4) is 0 Å². The first-order valence-electron chi connectivity index (χ1n) is 7.63. The van der Waals surface area contributed by atoms with E-state index in [4.69, 9.17) is 0 Å². The van der Waals surface area contributed by atoms with Gasteiger partial charge in [-0.2, -0.15) is 4.72 Å². The lowest BCUT2D eigenvalue weighted by atomic mass is 10.1. The van der Waals surface area contributed by atoms with Crippen LogP contribution in [0.2, 0.25) is 0 Å². The Morgan fingerprint density at radius 2 is 1.80 bits per heavy atom. The van der Waals surface area contributed by atoms with E-state index >= 15 is 0 Å². The minimum absolute atomic E-state index is 0.0655. The number of aliphatic carboxylic acids is 1. The molecule has 1 heterocycles. The Labute approximate surface area is 149 Å². The van der Waals surface area contributed by atoms with Crippen LogP contribution in [0.15, 0.2) is 46.7 Å². The third-order valence-corrected chi connectivity index (χ3v) is 7.77.